The van der Waals surface area contributed by atoms with Crippen LogP contribution in [-0.2, 0) is 16.0 Å². The van der Waals surface area contributed by atoms with Crippen LogP contribution < -0.4 is 4.90 Å². The number of fused-ring (bicyclic) bond motifs is 1. The topological polar surface area (TPSA) is 62.7 Å². The average Bonchev–Trinajstić information content (AvgIpc) is 2.80. The second-order valence-electron chi connectivity index (χ2n) is 7.31. The molecule has 1 aromatic heterocycles. The monoisotopic (exact) mass is 403 g/mol. The molecule has 30 heavy (non-hydrogen) atoms. The minimum absolute atomic E-state index is 0.150. The Morgan fingerprint density at radius 1 is 0.967 bits per heavy atom. The first-order valence-electron chi connectivity index (χ1n) is 10.3. The molecule has 6 nitrogen and oxygen atoms in total. The Labute approximate surface area is 176 Å². The number of hydrogen-bond donors (Lipinski definition) is 0. The highest BCUT2D eigenvalue weighted by atomic mass is 16.5. The minimum Gasteiger partial charge on any atom is -0.462 e. The lowest BCUT2D eigenvalue weighted by molar-refractivity contribution is -0.130. The number of hydrogen-bond acceptors (Lipinski definition) is 5. The van der Waals surface area contributed by atoms with E-state index in [9.17, 15) is 9.59 Å². The molecule has 1 fully saturated rings. The van der Waals surface area contributed by atoms with E-state index in [-0.39, 0.29) is 11.9 Å². The van der Waals surface area contributed by atoms with Gasteiger partial charge >= 0.3 is 5.97 Å². The van der Waals surface area contributed by atoms with Crippen molar-refractivity contribution >= 4 is 28.5 Å². The number of rotatable bonds is 5. The summed E-state index contributed by atoms with van der Waals surface area (Å²) in [6, 6.07) is 17.8. The summed E-state index contributed by atoms with van der Waals surface area (Å²) in [5, 5.41) is 2.29. The maximum atomic E-state index is 12.9. The Hall–Kier alpha value is -3.41. The van der Waals surface area contributed by atoms with Gasteiger partial charge in [-0.2, -0.15) is 0 Å². The molecule has 4 rings (SSSR count). The first-order chi connectivity index (χ1) is 14.7. The molecule has 0 radical (unpaired) electrons. The van der Waals surface area contributed by atoms with Gasteiger partial charge in [-0.25, -0.2) is 9.78 Å². The van der Waals surface area contributed by atoms with Gasteiger partial charge in [-0.15, -0.1) is 0 Å². The van der Waals surface area contributed by atoms with Crippen LogP contribution in [0.5, 0.6) is 0 Å². The van der Waals surface area contributed by atoms with Crippen LogP contribution in [-0.4, -0.2) is 54.5 Å². The zero-order chi connectivity index (χ0) is 20.9. The molecule has 3 aromatic rings. The van der Waals surface area contributed by atoms with Gasteiger partial charge in [0.1, 0.15) is 5.82 Å². The molecular weight excluding hydrogens is 378 g/mol. The van der Waals surface area contributed by atoms with Gasteiger partial charge in [-0.1, -0.05) is 42.5 Å². The summed E-state index contributed by atoms with van der Waals surface area (Å²) in [7, 11) is 0. The Balaban J connectivity index is 1.36. The number of carbonyl (C=O) groups excluding carboxylic acids is 2. The SMILES string of the molecule is CCOC(=O)c1ccc(N2CCN(C(=O)Cc3cccc4ccccc34)CC2)nc1. The van der Waals surface area contributed by atoms with Gasteiger partial charge in [0.05, 0.1) is 18.6 Å². The summed E-state index contributed by atoms with van der Waals surface area (Å²) in [5.41, 5.74) is 1.52. The van der Waals surface area contributed by atoms with Gasteiger partial charge < -0.3 is 14.5 Å². The second kappa shape index (κ2) is 8.95. The summed E-state index contributed by atoms with van der Waals surface area (Å²) in [6.07, 6.45) is 1.96. The molecule has 0 unspecified atom stereocenters. The molecule has 1 amide bonds. The molecule has 0 N–H and O–H groups in total. The molecule has 1 aliphatic heterocycles. The fourth-order valence-corrected chi connectivity index (χ4v) is 3.81. The van der Waals surface area contributed by atoms with E-state index in [2.05, 4.69) is 28.1 Å². The third-order valence-corrected chi connectivity index (χ3v) is 5.44. The standard InChI is InChI=1S/C24H25N3O3/c1-2-30-24(29)20-10-11-22(25-17-20)26-12-14-27(15-13-26)23(28)16-19-8-5-7-18-6-3-4-9-21(18)19/h3-11,17H,2,12-16H2,1H3. The molecule has 0 spiro atoms. The number of amides is 1. The summed E-state index contributed by atoms with van der Waals surface area (Å²) in [4.78, 5) is 33.1. The Morgan fingerprint density at radius 2 is 1.73 bits per heavy atom. The summed E-state index contributed by atoms with van der Waals surface area (Å²) in [6.45, 7) is 4.87. The van der Waals surface area contributed by atoms with E-state index in [1.54, 1.807) is 19.2 Å². The normalized spacial score (nSPS) is 14.0. The quantitative estimate of drug-likeness (QED) is 0.612. The molecule has 1 saturated heterocycles. The zero-order valence-corrected chi connectivity index (χ0v) is 17.1. The lowest BCUT2D eigenvalue weighted by Crippen LogP contribution is -2.49. The number of aromatic nitrogens is 1. The molecule has 0 saturated carbocycles. The molecular formula is C24H25N3O3. The number of nitrogens with zero attached hydrogens (tertiary/aromatic N) is 3. The van der Waals surface area contributed by atoms with Crippen molar-refractivity contribution in [1.29, 1.82) is 0 Å². The zero-order valence-electron chi connectivity index (χ0n) is 17.1. The van der Waals surface area contributed by atoms with E-state index < -0.39 is 0 Å². The average molecular weight is 403 g/mol. The smallest absolute Gasteiger partial charge is 0.339 e. The van der Waals surface area contributed by atoms with E-state index in [1.807, 2.05) is 35.2 Å². The number of esters is 1. The molecule has 0 bridgehead atoms. The number of pyridine rings is 1. The molecule has 1 aliphatic rings. The van der Waals surface area contributed by atoms with Gasteiger partial charge in [-0.05, 0) is 35.4 Å². The maximum absolute atomic E-state index is 12.9. The minimum atomic E-state index is -0.361. The van der Waals surface area contributed by atoms with Gasteiger partial charge in [0.2, 0.25) is 5.91 Å². The van der Waals surface area contributed by atoms with Crippen LogP contribution in [0.15, 0.2) is 60.8 Å². The Morgan fingerprint density at radius 3 is 2.47 bits per heavy atom. The number of anilines is 1. The highest BCUT2D eigenvalue weighted by Gasteiger charge is 2.22. The van der Waals surface area contributed by atoms with Crippen molar-refractivity contribution in [3.05, 3.63) is 71.9 Å². The van der Waals surface area contributed by atoms with Crippen LogP contribution in [0.3, 0.4) is 0 Å². The van der Waals surface area contributed by atoms with E-state index in [0.717, 1.165) is 22.2 Å². The fourth-order valence-electron chi connectivity index (χ4n) is 3.81. The number of carbonyl (C=O) groups is 2. The van der Waals surface area contributed by atoms with Gasteiger partial charge in [0, 0.05) is 32.4 Å². The third kappa shape index (κ3) is 4.27. The fraction of sp³-hybridized carbons (Fsp3) is 0.292. The number of benzene rings is 2. The van der Waals surface area contributed by atoms with E-state index in [1.165, 1.54) is 0 Å². The van der Waals surface area contributed by atoms with Crippen molar-refractivity contribution in [3.8, 4) is 0 Å². The van der Waals surface area contributed by atoms with Gasteiger partial charge in [0.25, 0.3) is 0 Å². The predicted octanol–water partition coefficient (Wildman–Crippen LogP) is 3.30. The van der Waals surface area contributed by atoms with Crippen molar-refractivity contribution < 1.29 is 14.3 Å². The van der Waals surface area contributed by atoms with Crippen molar-refractivity contribution in [3.63, 3.8) is 0 Å². The van der Waals surface area contributed by atoms with Crippen LogP contribution >= 0.6 is 0 Å². The lowest BCUT2D eigenvalue weighted by atomic mass is 10.0. The van der Waals surface area contributed by atoms with E-state index in [0.29, 0.717) is 44.8 Å². The van der Waals surface area contributed by atoms with Crippen LogP contribution in [0.1, 0.15) is 22.8 Å². The van der Waals surface area contributed by atoms with Gasteiger partial charge in [0.15, 0.2) is 0 Å². The van der Waals surface area contributed by atoms with Crippen LogP contribution in [0.4, 0.5) is 5.82 Å². The summed E-state index contributed by atoms with van der Waals surface area (Å²) < 4.78 is 4.99. The Bertz CT molecular complexity index is 1040. The highest BCUT2D eigenvalue weighted by Crippen LogP contribution is 2.20. The predicted molar refractivity (Wildman–Crippen MR) is 117 cm³/mol. The van der Waals surface area contributed by atoms with Crippen LogP contribution in [0, 0.1) is 0 Å². The van der Waals surface area contributed by atoms with E-state index in [4.69, 9.17) is 4.74 Å². The van der Waals surface area contributed by atoms with Crippen molar-refractivity contribution in [1.82, 2.24) is 9.88 Å². The second-order valence-corrected chi connectivity index (χ2v) is 7.31. The molecule has 2 aromatic carbocycles. The maximum Gasteiger partial charge on any atom is 0.339 e. The first-order valence-corrected chi connectivity index (χ1v) is 10.3. The first kappa shape index (κ1) is 19.9. The molecule has 0 atom stereocenters. The largest absolute Gasteiger partial charge is 0.462 e. The molecule has 6 heteroatoms. The number of ether oxygens (including phenoxy) is 1. The van der Waals surface area contributed by atoms with Crippen molar-refractivity contribution in [2.45, 2.75) is 13.3 Å². The summed E-state index contributed by atoms with van der Waals surface area (Å²) >= 11 is 0. The highest BCUT2D eigenvalue weighted by molar-refractivity contribution is 5.90. The lowest BCUT2D eigenvalue weighted by Gasteiger charge is -2.35. The molecule has 0 aliphatic carbocycles. The molecule has 2 heterocycles. The van der Waals surface area contributed by atoms with Gasteiger partial charge in [-0.3, -0.25) is 4.79 Å². The number of piperazine rings is 1. The van der Waals surface area contributed by atoms with E-state index >= 15 is 0 Å². The van der Waals surface area contributed by atoms with Crippen LogP contribution in [0.25, 0.3) is 10.8 Å². The Kier molecular flexibility index (Phi) is 5.93. The summed E-state index contributed by atoms with van der Waals surface area (Å²) in [5.74, 6) is 0.598. The van der Waals surface area contributed by atoms with Crippen molar-refractivity contribution in [2.75, 3.05) is 37.7 Å². The molecule has 154 valence electrons. The van der Waals surface area contributed by atoms with Crippen LogP contribution in [0.2, 0.25) is 0 Å². The van der Waals surface area contributed by atoms with Crippen molar-refractivity contribution in [2.24, 2.45) is 0 Å². The third-order valence-electron chi connectivity index (χ3n) is 5.44.